The summed E-state index contributed by atoms with van der Waals surface area (Å²) in [5.41, 5.74) is 1.75. The number of anilines is 1. The van der Waals surface area contributed by atoms with Gasteiger partial charge in [-0.05, 0) is 69.0 Å². The third-order valence-corrected chi connectivity index (χ3v) is 6.19. The number of urea groups is 1. The molecule has 1 aliphatic rings. The first kappa shape index (κ1) is 23.3. The number of imide groups is 1. The molecule has 0 aromatic heterocycles. The van der Waals surface area contributed by atoms with Crippen LogP contribution in [-0.2, 0) is 19.6 Å². The molecule has 3 rings (SSSR count). The van der Waals surface area contributed by atoms with Crippen LogP contribution in [0.5, 0.6) is 0 Å². The Morgan fingerprint density at radius 1 is 1.06 bits per heavy atom. The number of nitrogens with one attached hydrogen (secondary N) is 3. The van der Waals surface area contributed by atoms with E-state index in [4.69, 9.17) is 4.74 Å². The Kier molecular flexibility index (Phi) is 6.83. The second-order valence-corrected chi connectivity index (χ2v) is 9.42. The highest BCUT2D eigenvalue weighted by Gasteiger charge is 2.27. The van der Waals surface area contributed by atoms with E-state index in [1.807, 2.05) is 13.0 Å². The van der Waals surface area contributed by atoms with Gasteiger partial charge in [0, 0.05) is 11.7 Å². The van der Waals surface area contributed by atoms with E-state index >= 15 is 0 Å². The van der Waals surface area contributed by atoms with Crippen molar-refractivity contribution >= 4 is 33.6 Å². The second kappa shape index (κ2) is 9.39. The number of aryl methyl sites for hydroxylation is 2. The van der Waals surface area contributed by atoms with Crippen molar-refractivity contribution < 1.29 is 27.5 Å². The molecule has 3 N–H and O–H groups in total. The predicted molar refractivity (Wildman–Crippen MR) is 118 cm³/mol. The minimum Gasteiger partial charge on any atom is -0.449 e. The standard InChI is InChI=1S/C22H25N3O6S/c1-13-5-4-6-17(11-13)25-32(29,30)18-10-7-14(2)19(12-18)21(27)31-15(3)20(26)24-22(28)23-16-8-9-16/h4-7,10-12,15-16,25H,8-9H2,1-3H3,(H2,23,24,26,28). The fourth-order valence-corrected chi connectivity index (χ4v) is 3.93. The van der Waals surface area contributed by atoms with E-state index in [1.165, 1.54) is 25.1 Å². The lowest BCUT2D eigenvalue weighted by Crippen LogP contribution is -2.45. The van der Waals surface area contributed by atoms with Gasteiger partial charge in [-0.1, -0.05) is 18.2 Å². The molecular weight excluding hydrogens is 434 g/mol. The lowest BCUT2D eigenvalue weighted by Gasteiger charge is -2.15. The third-order valence-electron chi connectivity index (χ3n) is 4.81. The highest BCUT2D eigenvalue weighted by atomic mass is 32.2. The Morgan fingerprint density at radius 3 is 2.44 bits per heavy atom. The van der Waals surface area contributed by atoms with E-state index in [9.17, 15) is 22.8 Å². The van der Waals surface area contributed by atoms with Crippen LogP contribution in [0.4, 0.5) is 10.5 Å². The molecule has 3 amide bonds. The topological polar surface area (TPSA) is 131 Å². The fourth-order valence-electron chi connectivity index (χ4n) is 2.85. The number of hydrogen-bond acceptors (Lipinski definition) is 6. The molecule has 1 fully saturated rings. The SMILES string of the molecule is Cc1cccc(NS(=O)(=O)c2ccc(C)c(C(=O)OC(C)C(=O)NC(=O)NC3CC3)c2)c1. The van der Waals surface area contributed by atoms with Crippen molar-refractivity contribution in [2.24, 2.45) is 0 Å². The second-order valence-electron chi connectivity index (χ2n) is 7.74. The molecule has 32 heavy (non-hydrogen) atoms. The zero-order valence-corrected chi connectivity index (χ0v) is 18.8. The third kappa shape index (κ3) is 6.07. The van der Waals surface area contributed by atoms with Crippen LogP contribution >= 0.6 is 0 Å². The molecule has 2 aromatic carbocycles. The van der Waals surface area contributed by atoms with Crippen molar-refractivity contribution in [3.63, 3.8) is 0 Å². The molecule has 0 aliphatic heterocycles. The maximum Gasteiger partial charge on any atom is 0.339 e. The molecule has 1 saturated carbocycles. The van der Waals surface area contributed by atoms with Crippen LogP contribution in [0.15, 0.2) is 47.4 Å². The van der Waals surface area contributed by atoms with Gasteiger partial charge in [0.1, 0.15) is 0 Å². The molecule has 0 saturated heterocycles. The van der Waals surface area contributed by atoms with Gasteiger partial charge in [-0.2, -0.15) is 0 Å². The maximum absolute atomic E-state index is 12.8. The number of sulfonamides is 1. The summed E-state index contributed by atoms with van der Waals surface area (Å²) in [4.78, 5) is 36.3. The van der Waals surface area contributed by atoms with E-state index in [1.54, 1.807) is 25.1 Å². The van der Waals surface area contributed by atoms with Gasteiger partial charge in [0.15, 0.2) is 6.10 Å². The summed E-state index contributed by atoms with van der Waals surface area (Å²) >= 11 is 0. The molecule has 0 spiro atoms. The summed E-state index contributed by atoms with van der Waals surface area (Å²) < 4.78 is 33.2. The monoisotopic (exact) mass is 459 g/mol. The van der Waals surface area contributed by atoms with Gasteiger partial charge in [-0.3, -0.25) is 14.8 Å². The van der Waals surface area contributed by atoms with Crippen LogP contribution in [0.1, 0.15) is 41.3 Å². The largest absolute Gasteiger partial charge is 0.449 e. The van der Waals surface area contributed by atoms with Crippen LogP contribution in [0, 0.1) is 13.8 Å². The summed E-state index contributed by atoms with van der Waals surface area (Å²) in [6, 6.07) is 10.3. The van der Waals surface area contributed by atoms with E-state index in [0.717, 1.165) is 18.4 Å². The number of carbonyl (C=O) groups excluding carboxylic acids is 3. The quantitative estimate of drug-likeness (QED) is 0.546. The Morgan fingerprint density at radius 2 is 1.78 bits per heavy atom. The molecule has 0 bridgehead atoms. The number of ether oxygens (including phenoxy) is 1. The highest BCUT2D eigenvalue weighted by Crippen LogP contribution is 2.21. The molecule has 1 atom stereocenters. The molecule has 9 nitrogen and oxygen atoms in total. The van der Waals surface area contributed by atoms with Crippen LogP contribution in [0.3, 0.4) is 0 Å². The van der Waals surface area contributed by atoms with Crippen molar-refractivity contribution in [2.45, 2.75) is 50.7 Å². The first-order valence-corrected chi connectivity index (χ1v) is 11.6. The van der Waals surface area contributed by atoms with Crippen molar-refractivity contribution in [2.75, 3.05) is 4.72 Å². The summed E-state index contributed by atoms with van der Waals surface area (Å²) in [5, 5.41) is 4.71. The summed E-state index contributed by atoms with van der Waals surface area (Å²) in [6.07, 6.45) is 0.477. The van der Waals surface area contributed by atoms with E-state index < -0.39 is 34.0 Å². The van der Waals surface area contributed by atoms with Gasteiger partial charge in [-0.15, -0.1) is 0 Å². The Bertz CT molecular complexity index is 1160. The van der Waals surface area contributed by atoms with E-state index in [-0.39, 0.29) is 16.5 Å². The summed E-state index contributed by atoms with van der Waals surface area (Å²) in [6.45, 7) is 4.78. The smallest absolute Gasteiger partial charge is 0.339 e. The maximum atomic E-state index is 12.8. The van der Waals surface area contributed by atoms with Gasteiger partial charge in [-0.25, -0.2) is 18.0 Å². The van der Waals surface area contributed by atoms with Gasteiger partial charge in [0.05, 0.1) is 10.5 Å². The molecule has 1 unspecified atom stereocenters. The Labute approximate surface area is 186 Å². The van der Waals surface area contributed by atoms with Gasteiger partial charge < -0.3 is 10.1 Å². The molecular formula is C22H25N3O6S. The number of hydrogen-bond donors (Lipinski definition) is 3. The minimum atomic E-state index is -3.96. The lowest BCUT2D eigenvalue weighted by molar-refractivity contribution is -0.127. The zero-order chi connectivity index (χ0) is 23.5. The van der Waals surface area contributed by atoms with E-state index in [2.05, 4.69) is 15.4 Å². The summed E-state index contributed by atoms with van der Waals surface area (Å²) in [5.74, 6) is -1.65. The van der Waals surface area contributed by atoms with Gasteiger partial charge in [0.2, 0.25) is 0 Å². The summed E-state index contributed by atoms with van der Waals surface area (Å²) in [7, 11) is -3.96. The molecule has 1 aliphatic carbocycles. The van der Waals surface area contributed by atoms with Crippen molar-refractivity contribution in [3.8, 4) is 0 Å². The van der Waals surface area contributed by atoms with Crippen molar-refractivity contribution in [3.05, 3.63) is 59.2 Å². The number of esters is 1. The number of amides is 3. The average Bonchev–Trinajstić information content (AvgIpc) is 3.51. The number of carbonyl (C=O) groups is 3. The molecule has 2 aromatic rings. The fraction of sp³-hybridized carbons (Fsp3) is 0.318. The Balaban J connectivity index is 1.70. The first-order valence-electron chi connectivity index (χ1n) is 10.1. The molecule has 10 heteroatoms. The van der Waals surface area contributed by atoms with Crippen LogP contribution in [0.25, 0.3) is 0 Å². The van der Waals surface area contributed by atoms with Gasteiger partial charge in [0.25, 0.3) is 15.9 Å². The highest BCUT2D eigenvalue weighted by molar-refractivity contribution is 7.92. The van der Waals surface area contributed by atoms with Crippen LogP contribution in [-0.4, -0.2) is 38.5 Å². The van der Waals surface area contributed by atoms with Crippen LogP contribution < -0.4 is 15.4 Å². The predicted octanol–water partition coefficient (Wildman–Crippen LogP) is 2.64. The van der Waals surface area contributed by atoms with E-state index in [0.29, 0.717) is 11.3 Å². The average molecular weight is 460 g/mol. The van der Waals surface area contributed by atoms with Gasteiger partial charge >= 0.3 is 12.0 Å². The van der Waals surface area contributed by atoms with Crippen molar-refractivity contribution in [1.82, 2.24) is 10.6 Å². The van der Waals surface area contributed by atoms with Crippen molar-refractivity contribution in [1.29, 1.82) is 0 Å². The zero-order valence-electron chi connectivity index (χ0n) is 18.0. The number of benzene rings is 2. The van der Waals surface area contributed by atoms with Crippen LogP contribution in [0.2, 0.25) is 0 Å². The normalized spacial score (nSPS) is 14.2. The molecule has 0 radical (unpaired) electrons. The first-order chi connectivity index (χ1) is 15.0. The molecule has 170 valence electrons. The lowest BCUT2D eigenvalue weighted by atomic mass is 10.1. The molecule has 0 heterocycles. The number of rotatable bonds is 7. The Hall–Kier alpha value is -3.40. The minimum absolute atomic E-state index is 0.000742.